The monoisotopic (exact) mass is 291 g/mol. The van der Waals surface area contributed by atoms with E-state index in [0.717, 1.165) is 42.7 Å². The standard InChI is InChI=1S/C16H25N3O2/c1-5-11(6-2)14-10(3)13(7-18-15(14)16(17)20)19-8-12(9-19)21-4/h7,11-12H,5-6,8-9H2,1-4H3,(H2,17,20). The molecule has 5 heteroatoms. The lowest BCUT2D eigenvalue weighted by Gasteiger charge is -2.41. The summed E-state index contributed by atoms with van der Waals surface area (Å²) in [6.45, 7) is 8.08. The highest BCUT2D eigenvalue weighted by atomic mass is 16.5. The Morgan fingerprint density at radius 3 is 2.57 bits per heavy atom. The molecule has 2 heterocycles. The van der Waals surface area contributed by atoms with Gasteiger partial charge in [-0.05, 0) is 36.8 Å². The number of aromatic nitrogens is 1. The first-order valence-electron chi connectivity index (χ1n) is 7.60. The highest BCUT2D eigenvalue weighted by Gasteiger charge is 2.30. The van der Waals surface area contributed by atoms with Crippen molar-refractivity contribution in [1.29, 1.82) is 0 Å². The molecule has 1 saturated heterocycles. The number of primary amides is 1. The first-order valence-corrected chi connectivity index (χ1v) is 7.60. The van der Waals surface area contributed by atoms with Gasteiger partial charge >= 0.3 is 0 Å². The van der Waals surface area contributed by atoms with E-state index in [0.29, 0.717) is 11.6 Å². The second kappa shape index (κ2) is 6.43. The fourth-order valence-electron chi connectivity index (χ4n) is 3.10. The summed E-state index contributed by atoms with van der Waals surface area (Å²) in [5.41, 5.74) is 9.18. The van der Waals surface area contributed by atoms with Gasteiger partial charge in [-0.2, -0.15) is 0 Å². The van der Waals surface area contributed by atoms with E-state index in [1.54, 1.807) is 13.3 Å². The van der Waals surface area contributed by atoms with Gasteiger partial charge in [-0.25, -0.2) is 4.98 Å². The number of anilines is 1. The van der Waals surface area contributed by atoms with Crippen molar-refractivity contribution < 1.29 is 9.53 Å². The molecule has 1 amide bonds. The number of carbonyl (C=O) groups is 1. The number of hydrogen-bond acceptors (Lipinski definition) is 4. The number of methoxy groups -OCH3 is 1. The molecule has 0 unspecified atom stereocenters. The Morgan fingerprint density at radius 1 is 1.48 bits per heavy atom. The number of hydrogen-bond donors (Lipinski definition) is 1. The highest BCUT2D eigenvalue weighted by Crippen LogP contribution is 2.35. The molecule has 0 radical (unpaired) electrons. The molecular weight excluding hydrogens is 266 g/mol. The zero-order valence-electron chi connectivity index (χ0n) is 13.3. The van der Waals surface area contributed by atoms with Crippen LogP contribution in [0.4, 0.5) is 5.69 Å². The molecular formula is C16H25N3O2. The molecule has 0 saturated carbocycles. The Kier molecular flexibility index (Phi) is 4.83. The summed E-state index contributed by atoms with van der Waals surface area (Å²) in [7, 11) is 1.74. The topological polar surface area (TPSA) is 68.5 Å². The SMILES string of the molecule is CCC(CC)c1c(C(N)=O)ncc(N2CC(OC)C2)c1C. The molecule has 0 aromatic carbocycles. The molecule has 0 aliphatic carbocycles. The fraction of sp³-hybridized carbons (Fsp3) is 0.625. The van der Waals surface area contributed by atoms with Gasteiger partial charge in [0, 0.05) is 20.2 Å². The number of amides is 1. The van der Waals surface area contributed by atoms with Crippen molar-refractivity contribution in [2.75, 3.05) is 25.1 Å². The van der Waals surface area contributed by atoms with Gasteiger partial charge in [0.1, 0.15) is 5.69 Å². The fourth-order valence-corrected chi connectivity index (χ4v) is 3.10. The number of rotatable bonds is 6. The van der Waals surface area contributed by atoms with Crippen molar-refractivity contribution in [3.8, 4) is 0 Å². The molecule has 1 aromatic rings. The van der Waals surface area contributed by atoms with Crippen LogP contribution in [0.5, 0.6) is 0 Å². The van der Waals surface area contributed by atoms with Crippen LogP contribution < -0.4 is 10.6 Å². The summed E-state index contributed by atoms with van der Waals surface area (Å²) in [5.74, 6) is -0.121. The van der Waals surface area contributed by atoms with Crippen LogP contribution >= 0.6 is 0 Å². The molecule has 1 aliphatic heterocycles. The van der Waals surface area contributed by atoms with E-state index in [4.69, 9.17) is 10.5 Å². The average molecular weight is 291 g/mol. The molecule has 2 N–H and O–H groups in total. The summed E-state index contributed by atoms with van der Waals surface area (Å²) >= 11 is 0. The van der Waals surface area contributed by atoms with Crippen LogP contribution in [0.25, 0.3) is 0 Å². The van der Waals surface area contributed by atoms with Crippen LogP contribution in [0.2, 0.25) is 0 Å². The predicted octanol–water partition coefficient (Wildman–Crippen LogP) is 2.23. The zero-order valence-corrected chi connectivity index (χ0v) is 13.3. The maximum absolute atomic E-state index is 11.7. The van der Waals surface area contributed by atoms with E-state index in [1.807, 2.05) is 0 Å². The van der Waals surface area contributed by atoms with Crippen molar-refractivity contribution in [3.05, 3.63) is 23.0 Å². The molecule has 0 bridgehead atoms. The minimum atomic E-state index is -0.440. The van der Waals surface area contributed by atoms with Gasteiger partial charge in [-0.15, -0.1) is 0 Å². The molecule has 5 nitrogen and oxygen atoms in total. The van der Waals surface area contributed by atoms with Gasteiger partial charge in [0.25, 0.3) is 5.91 Å². The van der Waals surface area contributed by atoms with E-state index in [1.165, 1.54) is 0 Å². The van der Waals surface area contributed by atoms with E-state index in [9.17, 15) is 4.79 Å². The molecule has 1 fully saturated rings. The van der Waals surface area contributed by atoms with Crippen molar-refractivity contribution in [1.82, 2.24) is 4.98 Å². The Hall–Kier alpha value is -1.62. The Morgan fingerprint density at radius 2 is 2.10 bits per heavy atom. The Labute approximate surface area is 126 Å². The van der Waals surface area contributed by atoms with Crippen LogP contribution in [0, 0.1) is 6.92 Å². The van der Waals surface area contributed by atoms with Gasteiger partial charge in [-0.1, -0.05) is 13.8 Å². The lowest BCUT2D eigenvalue weighted by molar-refractivity contribution is 0.0786. The van der Waals surface area contributed by atoms with Crippen molar-refractivity contribution in [3.63, 3.8) is 0 Å². The van der Waals surface area contributed by atoms with Crippen LogP contribution in [0.1, 0.15) is 54.2 Å². The van der Waals surface area contributed by atoms with Crippen molar-refractivity contribution in [2.45, 2.75) is 45.6 Å². The third kappa shape index (κ3) is 2.88. The van der Waals surface area contributed by atoms with E-state index in [-0.39, 0.29) is 6.10 Å². The molecule has 1 aromatic heterocycles. The quantitative estimate of drug-likeness (QED) is 0.872. The van der Waals surface area contributed by atoms with Crippen LogP contribution in [-0.2, 0) is 4.74 Å². The summed E-state index contributed by atoms with van der Waals surface area (Å²) in [5, 5.41) is 0. The molecule has 21 heavy (non-hydrogen) atoms. The molecule has 0 spiro atoms. The highest BCUT2D eigenvalue weighted by molar-refractivity contribution is 5.93. The first-order chi connectivity index (χ1) is 10.0. The zero-order chi connectivity index (χ0) is 15.6. The molecule has 1 aliphatic rings. The van der Waals surface area contributed by atoms with E-state index in [2.05, 4.69) is 30.7 Å². The van der Waals surface area contributed by atoms with Crippen molar-refractivity contribution >= 4 is 11.6 Å². The van der Waals surface area contributed by atoms with Crippen LogP contribution in [-0.4, -0.2) is 37.2 Å². The number of carbonyl (C=O) groups excluding carboxylic acids is 1. The maximum Gasteiger partial charge on any atom is 0.267 e. The third-order valence-corrected chi connectivity index (χ3v) is 4.51. The van der Waals surface area contributed by atoms with E-state index < -0.39 is 5.91 Å². The smallest absolute Gasteiger partial charge is 0.267 e. The first kappa shape index (κ1) is 15.8. The third-order valence-electron chi connectivity index (χ3n) is 4.51. The second-order valence-corrected chi connectivity index (χ2v) is 5.67. The largest absolute Gasteiger partial charge is 0.378 e. The van der Waals surface area contributed by atoms with Gasteiger partial charge in [0.05, 0.1) is 18.0 Å². The Bertz CT molecular complexity index is 520. The maximum atomic E-state index is 11.7. The summed E-state index contributed by atoms with van der Waals surface area (Å²) in [6, 6.07) is 0. The van der Waals surface area contributed by atoms with Gasteiger partial charge in [0.2, 0.25) is 0 Å². The molecule has 0 atom stereocenters. The number of nitrogens with zero attached hydrogens (tertiary/aromatic N) is 2. The average Bonchev–Trinajstić information content (AvgIpc) is 2.41. The van der Waals surface area contributed by atoms with Gasteiger partial charge in [-0.3, -0.25) is 4.79 Å². The number of ether oxygens (including phenoxy) is 1. The summed E-state index contributed by atoms with van der Waals surface area (Å²) in [4.78, 5) is 18.3. The molecule has 2 rings (SSSR count). The Balaban J connectivity index is 2.42. The lowest BCUT2D eigenvalue weighted by atomic mass is 9.88. The second-order valence-electron chi connectivity index (χ2n) is 5.67. The lowest BCUT2D eigenvalue weighted by Crippen LogP contribution is -2.52. The number of nitrogens with two attached hydrogens (primary N) is 1. The van der Waals surface area contributed by atoms with Gasteiger partial charge < -0.3 is 15.4 Å². The van der Waals surface area contributed by atoms with Crippen molar-refractivity contribution in [2.24, 2.45) is 5.73 Å². The van der Waals surface area contributed by atoms with Gasteiger partial charge in [0.15, 0.2) is 0 Å². The van der Waals surface area contributed by atoms with Crippen LogP contribution in [0.3, 0.4) is 0 Å². The molecule has 116 valence electrons. The minimum absolute atomic E-state index is 0.289. The predicted molar refractivity (Wildman–Crippen MR) is 83.8 cm³/mol. The minimum Gasteiger partial charge on any atom is -0.378 e. The number of pyridine rings is 1. The normalized spacial score (nSPS) is 15.4. The summed E-state index contributed by atoms with van der Waals surface area (Å²) < 4.78 is 5.32. The van der Waals surface area contributed by atoms with E-state index >= 15 is 0 Å². The summed E-state index contributed by atoms with van der Waals surface area (Å²) in [6.07, 6.45) is 4.01. The van der Waals surface area contributed by atoms with Crippen LogP contribution in [0.15, 0.2) is 6.20 Å².